The van der Waals surface area contributed by atoms with Gasteiger partial charge in [-0.05, 0) is 59.8 Å². The number of hydrogen-bond acceptors (Lipinski definition) is 6. The van der Waals surface area contributed by atoms with E-state index in [2.05, 4.69) is 21.2 Å². The van der Waals surface area contributed by atoms with Crippen molar-refractivity contribution in [2.45, 2.75) is 33.6 Å². The fraction of sp³-hybridized carbons (Fsp3) is 0.526. The second-order valence-corrected chi connectivity index (χ2v) is 6.96. The number of anilines is 1. The van der Waals surface area contributed by atoms with Gasteiger partial charge in [0, 0.05) is 20.0 Å². The van der Waals surface area contributed by atoms with Gasteiger partial charge in [0.25, 0.3) is 0 Å². The van der Waals surface area contributed by atoms with Crippen molar-refractivity contribution in [3.8, 4) is 5.75 Å². The highest BCUT2D eigenvalue weighted by Crippen LogP contribution is 2.40. The largest absolute Gasteiger partial charge is 0.479 e. The van der Waals surface area contributed by atoms with Crippen LogP contribution in [-0.2, 0) is 31.9 Å². The summed E-state index contributed by atoms with van der Waals surface area (Å²) in [6.07, 6.45) is 0.856. The standard InChI is InChI=1S/C19H25BrN2O6/c1-4-26-16(24)11-28-18-15(21-12(3)23)10-13-6-8-22(19(25)27-5-2)9-7-14(13)17(18)20/h10H,4-9,11H2,1-3H3,(H,21,23). The lowest BCUT2D eigenvalue weighted by Crippen LogP contribution is -2.33. The minimum absolute atomic E-state index is 0.255. The maximum atomic E-state index is 12.1. The van der Waals surface area contributed by atoms with Gasteiger partial charge in [-0.2, -0.15) is 0 Å². The normalized spacial score (nSPS) is 13.2. The Balaban J connectivity index is 2.31. The molecule has 0 bridgehead atoms. The number of ether oxygens (including phenoxy) is 3. The number of carbonyl (C=O) groups is 3. The van der Waals surface area contributed by atoms with Crippen molar-refractivity contribution >= 4 is 39.6 Å². The lowest BCUT2D eigenvalue weighted by molar-refractivity contribution is -0.145. The molecule has 0 saturated heterocycles. The summed E-state index contributed by atoms with van der Waals surface area (Å²) in [7, 11) is 0. The Morgan fingerprint density at radius 3 is 2.46 bits per heavy atom. The SMILES string of the molecule is CCOC(=O)COc1c(NC(C)=O)cc2c(c1Br)CCN(C(=O)OCC)CC2. The summed E-state index contributed by atoms with van der Waals surface area (Å²) >= 11 is 3.56. The minimum atomic E-state index is -0.494. The van der Waals surface area contributed by atoms with Gasteiger partial charge in [-0.15, -0.1) is 0 Å². The Bertz CT molecular complexity index is 752. The van der Waals surface area contributed by atoms with E-state index in [4.69, 9.17) is 14.2 Å². The summed E-state index contributed by atoms with van der Waals surface area (Å²) in [5.74, 6) is -0.382. The molecule has 9 heteroatoms. The van der Waals surface area contributed by atoms with Crippen LogP contribution in [0.25, 0.3) is 0 Å². The molecule has 0 aliphatic carbocycles. The van der Waals surface area contributed by atoms with Crippen molar-refractivity contribution in [2.75, 3.05) is 38.2 Å². The van der Waals surface area contributed by atoms with E-state index < -0.39 is 5.97 Å². The summed E-state index contributed by atoms with van der Waals surface area (Å²) < 4.78 is 16.3. The van der Waals surface area contributed by atoms with Crippen LogP contribution in [-0.4, -0.2) is 55.8 Å². The predicted molar refractivity (Wildman–Crippen MR) is 107 cm³/mol. The molecule has 0 fully saturated rings. The first-order valence-electron chi connectivity index (χ1n) is 9.19. The van der Waals surface area contributed by atoms with E-state index in [0.29, 0.717) is 48.4 Å². The minimum Gasteiger partial charge on any atom is -0.479 e. The molecule has 0 atom stereocenters. The van der Waals surface area contributed by atoms with Gasteiger partial charge < -0.3 is 24.4 Å². The lowest BCUT2D eigenvalue weighted by atomic mass is 10.0. The number of nitrogens with zero attached hydrogens (tertiary/aromatic N) is 1. The molecule has 0 saturated carbocycles. The molecule has 1 aliphatic heterocycles. The molecule has 0 radical (unpaired) electrons. The van der Waals surface area contributed by atoms with Gasteiger partial charge in [-0.1, -0.05) is 0 Å². The monoisotopic (exact) mass is 456 g/mol. The summed E-state index contributed by atoms with van der Waals surface area (Å²) in [5.41, 5.74) is 2.43. The Morgan fingerprint density at radius 1 is 1.14 bits per heavy atom. The number of benzene rings is 1. The third-order valence-electron chi connectivity index (χ3n) is 4.17. The van der Waals surface area contributed by atoms with E-state index in [-0.39, 0.29) is 25.2 Å². The third kappa shape index (κ3) is 5.60. The number of rotatable bonds is 6. The summed E-state index contributed by atoms with van der Waals surface area (Å²) in [6, 6.07) is 1.83. The number of nitrogens with one attached hydrogen (secondary N) is 1. The predicted octanol–water partition coefficient (Wildman–Crippen LogP) is 2.91. The average molecular weight is 457 g/mol. The van der Waals surface area contributed by atoms with Gasteiger partial charge in [0.2, 0.25) is 5.91 Å². The zero-order valence-electron chi connectivity index (χ0n) is 16.3. The molecule has 1 aromatic rings. The summed E-state index contributed by atoms with van der Waals surface area (Å²) in [6.45, 7) is 6.22. The van der Waals surface area contributed by atoms with E-state index >= 15 is 0 Å². The van der Waals surface area contributed by atoms with Crippen molar-refractivity contribution < 1.29 is 28.6 Å². The smallest absolute Gasteiger partial charge is 0.409 e. The van der Waals surface area contributed by atoms with Gasteiger partial charge in [-0.25, -0.2) is 9.59 Å². The highest BCUT2D eigenvalue weighted by atomic mass is 79.9. The van der Waals surface area contributed by atoms with Crippen LogP contribution in [0.4, 0.5) is 10.5 Å². The fourth-order valence-electron chi connectivity index (χ4n) is 2.99. The van der Waals surface area contributed by atoms with Crippen molar-refractivity contribution in [2.24, 2.45) is 0 Å². The van der Waals surface area contributed by atoms with E-state index in [1.165, 1.54) is 6.92 Å². The summed E-state index contributed by atoms with van der Waals surface area (Å²) in [4.78, 5) is 37.0. The zero-order chi connectivity index (χ0) is 20.7. The maximum Gasteiger partial charge on any atom is 0.409 e. The Morgan fingerprint density at radius 2 is 1.82 bits per heavy atom. The molecule has 1 aromatic carbocycles. The molecule has 0 unspecified atom stereocenters. The fourth-order valence-corrected chi connectivity index (χ4v) is 3.77. The third-order valence-corrected chi connectivity index (χ3v) is 5.01. The summed E-state index contributed by atoms with van der Waals surface area (Å²) in [5, 5.41) is 2.74. The van der Waals surface area contributed by atoms with Gasteiger partial charge in [-0.3, -0.25) is 4.79 Å². The molecule has 0 aromatic heterocycles. The number of halogens is 1. The molecule has 1 heterocycles. The van der Waals surface area contributed by atoms with Gasteiger partial charge in [0.1, 0.15) is 0 Å². The highest BCUT2D eigenvalue weighted by Gasteiger charge is 2.25. The van der Waals surface area contributed by atoms with Crippen LogP contribution in [0.5, 0.6) is 5.75 Å². The van der Waals surface area contributed by atoms with Crippen molar-refractivity contribution in [3.63, 3.8) is 0 Å². The van der Waals surface area contributed by atoms with Crippen molar-refractivity contribution in [1.82, 2.24) is 4.90 Å². The maximum absolute atomic E-state index is 12.1. The van der Waals surface area contributed by atoms with E-state index in [1.54, 1.807) is 18.7 Å². The van der Waals surface area contributed by atoms with Gasteiger partial charge >= 0.3 is 12.1 Å². The number of hydrogen-bond donors (Lipinski definition) is 1. The van der Waals surface area contributed by atoms with Crippen LogP contribution in [0, 0.1) is 0 Å². The molecule has 1 aliphatic rings. The topological polar surface area (TPSA) is 94.2 Å². The number of esters is 1. The van der Waals surface area contributed by atoms with E-state index in [0.717, 1.165) is 11.1 Å². The average Bonchev–Trinajstić information content (AvgIpc) is 2.84. The van der Waals surface area contributed by atoms with E-state index in [9.17, 15) is 14.4 Å². The molecule has 154 valence electrons. The van der Waals surface area contributed by atoms with Gasteiger partial charge in [0.15, 0.2) is 12.4 Å². The van der Waals surface area contributed by atoms with Crippen LogP contribution < -0.4 is 10.1 Å². The molecular weight excluding hydrogens is 432 g/mol. The van der Waals surface area contributed by atoms with E-state index in [1.807, 2.05) is 6.07 Å². The number of fused-ring (bicyclic) bond motifs is 1. The van der Waals surface area contributed by atoms with Crippen LogP contribution in [0.2, 0.25) is 0 Å². The molecule has 1 N–H and O–H groups in total. The highest BCUT2D eigenvalue weighted by molar-refractivity contribution is 9.10. The Labute approximate surface area is 172 Å². The van der Waals surface area contributed by atoms with Gasteiger partial charge in [0.05, 0.1) is 23.4 Å². The number of carbonyl (C=O) groups excluding carboxylic acids is 3. The Hall–Kier alpha value is -2.29. The molecule has 8 nitrogen and oxygen atoms in total. The second-order valence-electron chi connectivity index (χ2n) is 6.17. The van der Waals surface area contributed by atoms with Crippen LogP contribution in [0.15, 0.2) is 10.5 Å². The van der Waals surface area contributed by atoms with Crippen LogP contribution >= 0.6 is 15.9 Å². The van der Waals surface area contributed by atoms with Crippen LogP contribution in [0.1, 0.15) is 31.9 Å². The number of amides is 2. The molecule has 2 rings (SSSR count). The molecular formula is C19H25BrN2O6. The zero-order valence-corrected chi connectivity index (χ0v) is 17.9. The lowest BCUT2D eigenvalue weighted by Gasteiger charge is -2.19. The van der Waals surface area contributed by atoms with Crippen LogP contribution in [0.3, 0.4) is 0 Å². The molecule has 2 amide bonds. The first kappa shape index (κ1) is 22.0. The van der Waals surface area contributed by atoms with Crippen molar-refractivity contribution in [3.05, 3.63) is 21.7 Å². The molecule has 0 spiro atoms. The first-order valence-corrected chi connectivity index (χ1v) is 9.98. The molecule has 28 heavy (non-hydrogen) atoms. The second kappa shape index (κ2) is 10.3. The first-order chi connectivity index (χ1) is 13.4. The quantitative estimate of drug-likeness (QED) is 0.661. The van der Waals surface area contributed by atoms with Crippen molar-refractivity contribution in [1.29, 1.82) is 0 Å². The Kier molecular flexibility index (Phi) is 8.10.